The molecule has 0 bridgehead atoms. The Morgan fingerprint density at radius 1 is 1.50 bits per heavy atom. The highest BCUT2D eigenvalue weighted by Gasteiger charge is 2.08. The summed E-state index contributed by atoms with van der Waals surface area (Å²) in [4.78, 5) is 14.6. The van der Waals surface area contributed by atoms with Crippen molar-refractivity contribution in [2.24, 2.45) is 0 Å². The van der Waals surface area contributed by atoms with Crippen molar-refractivity contribution in [3.05, 3.63) is 28.6 Å². The summed E-state index contributed by atoms with van der Waals surface area (Å²) in [6, 6.07) is 5.63. The zero-order valence-electron chi connectivity index (χ0n) is 8.44. The van der Waals surface area contributed by atoms with Crippen molar-refractivity contribution in [3.63, 3.8) is 0 Å². The van der Waals surface area contributed by atoms with Crippen LogP contribution >= 0.6 is 15.9 Å². The highest BCUT2D eigenvalue weighted by Crippen LogP contribution is 2.24. The Labute approximate surface area is 100 Å². The van der Waals surface area contributed by atoms with Crippen LogP contribution < -0.4 is 0 Å². The third-order valence-corrected chi connectivity index (χ3v) is 2.82. The number of rotatable bonds is 4. The summed E-state index contributed by atoms with van der Waals surface area (Å²) in [5.74, 6) is -0.208. The SMILES string of the molecule is O=C(O)CCCc1nc2cccc(Br)c2o1. The lowest BCUT2D eigenvalue weighted by molar-refractivity contribution is -0.137. The molecule has 0 aliphatic heterocycles. The highest BCUT2D eigenvalue weighted by atomic mass is 79.9. The van der Waals surface area contributed by atoms with E-state index in [2.05, 4.69) is 20.9 Å². The summed E-state index contributed by atoms with van der Waals surface area (Å²) in [6.45, 7) is 0. The molecule has 1 N–H and O–H groups in total. The standard InChI is InChI=1S/C11H10BrNO3/c12-7-3-1-4-8-11(7)16-9(13-8)5-2-6-10(14)15/h1,3-4H,2,5-6H2,(H,14,15). The van der Waals surface area contributed by atoms with Crippen LogP contribution in [0.4, 0.5) is 0 Å². The van der Waals surface area contributed by atoms with Gasteiger partial charge in [-0.25, -0.2) is 4.98 Å². The Morgan fingerprint density at radius 3 is 3.00 bits per heavy atom. The Bertz CT molecular complexity index is 521. The van der Waals surface area contributed by atoms with Crippen molar-refractivity contribution in [1.82, 2.24) is 4.98 Å². The smallest absolute Gasteiger partial charge is 0.303 e. The van der Waals surface area contributed by atoms with Crippen LogP contribution in [-0.2, 0) is 11.2 Å². The van der Waals surface area contributed by atoms with Gasteiger partial charge in [0.25, 0.3) is 0 Å². The Hall–Kier alpha value is -1.36. The van der Waals surface area contributed by atoms with Crippen LogP contribution in [0.5, 0.6) is 0 Å². The predicted octanol–water partition coefficient (Wildman–Crippen LogP) is 3.00. The Morgan fingerprint density at radius 2 is 2.31 bits per heavy atom. The van der Waals surface area contributed by atoms with Crippen LogP contribution in [0.3, 0.4) is 0 Å². The normalized spacial score (nSPS) is 10.8. The number of carboxylic acids is 1. The number of hydrogen-bond donors (Lipinski definition) is 1. The van der Waals surface area contributed by atoms with Gasteiger partial charge in [0.15, 0.2) is 11.5 Å². The van der Waals surface area contributed by atoms with E-state index in [0.717, 1.165) is 9.99 Å². The van der Waals surface area contributed by atoms with E-state index in [1.807, 2.05) is 18.2 Å². The molecule has 1 aromatic heterocycles. The molecule has 0 spiro atoms. The van der Waals surface area contributed by atoms with E-state index in [9.17, 15) is 4.79 Å². The molecule has 0 fully saturated rings. The van der Waals surface area contributed by atoms with Crippen molar-refractivity contribution in [2.45, 2.75) is 19.3 Å². The molecule has 0 saturated heterocycles. The van der Waals surface area contributed by atoms with E-state index < -0.39 is 5.97 Å². The van der Waals surface area contributed by atoms with Gasteiger partial charge < -0.3 is 9.52 Å². The van der Waals surface area contributed by atoms with Crippen molar-refractivity contribution in [2.75, 3.05) is 0 Å². The first kappa shape index (κ1) is 11.1. The number of carbonyl (C=O) groups is 1. The van der Waals surface area contributed by atoms with Crippen molar-refractivity contribution >= 4 is 33.0 Å². The summed E-state index contributed by atoms with van der Waals surface area (Å²) >= 11 is 3.37. The maximum absolute atomic E-state index is 10.4. The maximum atomic E-state index is 10.4. The second-order valence-electron chi connectivity index (χ2n) is 3.44. The number of benzene rings is 1. The zero-order valence-corrected chi connectivity index (χ0v) is 10.0. The number of hydrogen-bond acceptors (Lipinski definition) is 3. The van der Waals surface area contributed by atoms with E-state index in [1.165, 1.54) is 0 Å². The van der Waals surface area contributed by atoms with Crippen molar-refractivity contribution < 1.29 is 14.3 Å². The van der Waals surface area contributed by atoms with Crippen molar-refractivity contribution in [3.8, 4) is 0 Å². The lowest BCUT2D eigenvalue weighted by Crippen LogP contribution is -1.95. The summed E-state index contributed by atoms with van der Waals surface area (Å²) < 4.78 is 6.39. The minimum Gasteiger partial charge on any atom is -0.481 e. The molecule has 4 nitrogen and oxygen atoms in total. The van der Waals surface area contributed by atoms with E-state index in [0.29, 0.717) is 24.3 Å². The van der Waals surface area contributed by atoms with Crippen LogP contribution in [0, 0.1) is 0 Å². The molecular weight excluding hydrogens is 274 g/mol. The van der Waals surface area contributed by atoms with Gasteiger partial charge in [0.1, 0.15) is 5.52 Å². The molecule has 1 aromatic carbocycles. The van der Waals surface area contributed by atoms with Gasteiger partial charge in [-0.1, -0.05) is 6.07 Å². The average Bonchev–Trinajstić information content (AvgIpc) is 2.61. The summed E-state index contributed by atoms with van der Waals surface area (Å²) in [5, 5.41) is 8.52. The van der Waals surface area contributed by atoms with E-state index in [4.69, 9.17) is 9.52 Å². The molecule has 2 rings (SSSR count). The Kier molecular flexibility index (Phi) is 3.24. The highest BCUT2D eigenvalue weighted by molar-refractivity contribution is 9.10. The quantitative estimate of drug-likeness (QED) is 0.937. The van der Waals surface area contributed by atoms with E-state index >= 15 is 0 Å². The second kappa shape index (κ2) is 4.65. The molecule has 0 aliphatic carbocycles. The van der Waals surface area contributed by atoms with Gasteiger partial charge in [-0.3, -0.25) is 4.79 Å². The van der Waals surface area contributed by atoms with Crippen LogP contribution in [0.15, 0.2) is 27.1 Å². The molecule has 5 heteroatoms. The van der Waals surface area contributed by atoms with Crippen LogP contribution in [0.2, 0.25) is 0 Å². The fourth-order valence-electron chi connectivity index (χ4n) is 1.46. The summed E-state index contributed by atoms with van der Waals surface area (Å²) in [7, 11) is 0. The molecule has 84 valence electrons. The van der Waals surface area contributed by atoms with E-state index in [-0.39, 0.29) is 6.42 Å². The molecule has 0 amide bonds. The molecule has 2 aromatic rings. The molecule has 0 atom stereocenters. The number of halogens is 1. The number of aromatic nitrogens is 1. The van der Waals surface area contributed by atoms with Gasteiger partial charge in [0.05, 0.1) is 4.47 Å². The largest absolute Gasteiger partial charge is 0.481 e. The van der Waals surface area contributed by atoms with Gasteiger partial charge in [0.2, 0.25) is 0 Å². The van der Waals surface area contributed by atoms with Gasteiger partial charge in [-0.15, -0.1) is 0 Å². The van der Waals surface area contributed by atoms with Crippen LogP contribution in [0.1, 0.15) is 18.7 Å². The minimum atomic E-state index is -0.794. The van der Waals surface area contributed by atoms with E-state index in [1.54, 1.807) is 0 Å². The molecule has 1 heterocycles. The molecular formula is C11H10BrNO3. The van der Waals surface area contributed by atoms with Gasteiger partial charge in [-0.2, -0.15) is 0 Å². The summed E-state index contributed by atoms with van der Waals surface area (Å²) in [6.07, 6.45) is 1.23. The first-order valence-corrected chi connectivity index (χ1v) is 5.72. The molecule has 0 unspecified atom stereocenters. The van der Waals surface area contributed by atoms with Crippen molar-refractivity contribution in [1.29, 1.82) is 0 Å². The third kappa shape index (κ3) is 2.41. The van der Waals surface area contributed by atoms with Gasteiger partial charge in [-0.05, 0) is 34.5 Å². The third-order valence-electron chi connectivity index (χ3n) is 2.19. The first-order valence-electron chi connectivity index (χ1n) is 4.92. The lowest BCUT2D eigenvalue weighted by atomic mass is 10.2. The molecule has 0 saturated carbocycles. The average molecular weight is 284 g/mol. The van der Waals surface area contributed by atoms with Crippen LogP contribution in [-0.4, -0.2) is 16.1 Å². The topological polar surface area (TPSA) is 63.3 Å². The number of para-hydroxylation sites is 1. The fourth-order valence-corrected chi connectivity index (χ4v) is 1.90. The Balaban J connectivity index is 2.14. The first-order chi connectivity index (χ1) is 7.66. The van der Waals surface area contributed by atoms with Crippen LogP contribution in [0.25, 0.3) is 11.1 Å². The second-order valence-corrected chi connectivity index (χ2v) is 4.30. The fraction of sp³-hybridized carbons (Fsp3) is 0.273. The van der Waals surface area contributed by atoms with Gasteiger partial charge in [0, 0.05) is 12.8 Å². The molecule has 16 heavy (non-hydrogen) atoms. The predicted molar refractivity (Wildman–Crippen MR) is 62.3 cm³/mol. The summed E-state index contributed by atoms with van der Waals surface area (Å²) in [5.41, 5.74) is 1.51. The monoisotopic (exact) mass is 283 g/mol. The lowest BCUT2D eigenvalue weighted by Gasteiger charge is -1.92. The maximum Gasteiger partial charge on any atom is 0.303 e. The number of carboxylic acid groups (broad SMARTS) is 1. The number of oxazole rings is 1. The number of aliphatic carboxylic acids is 1. The zero-order chi connectivity index (χ0) is 11.5. The number of nitrogens with zero attached hydrogens (tertiary/aromatic N) is 1. The molecule has 0 aliphatic rings. The molecule has 0 radical (unpaired) electrons. The number of aryl methyl sites for hydroxylation is 1. The number of fused-ring (bicyclic) bond motifs is 1. The minimum absolute atomic E-state index is 0.139. The van der Waals surface area contributed by atoms with Gasteiger partial charge >= 0.3 is 5.97 Å².